The summed E-state index contributed by atoms with van der Waals surface area (Å²) in [4.78, 5) is 0. The molecule has 4 aromatic heterocycles. The number of alkyl halides is 1. The summed E-state index contributed by atoms with van der Waals surface area (Å²) < 4.78 is 21.9. The second kappa shape index (κ2) is 26.4. The average Bonchev–Trinajstić information content (AvgIpc) is 4.47. The zero-order valence-corrected chi connectivity index (χ0v) is 45.5. The molecule has 10 nitrogen and oxygen atoms in total. The molecule has 14 aromatic rings. The topological polar surface area (TPSA) is 117 Å². The molecule has 0 aliphatic rings. The van der Waals surface area contributed by atoms with Crippen LogP contribution in [0.1, 0.15) is 19.4 Å². The molecule has 398 valence electrons. The lowest BCUT2D eigenvalue weighted by Gasteiger charge is -2.08. The minimum absolute atomic E-state index is 0.160. The first-order valence-electron chi connectivity index (χ1n) is 26.6. The molecule has 10 aromatic carbocycles. The molecule has 0 bridgehead atoms. The highest BCUT2D eigenvalue weighted by Gasteiger charge is 2.16. The van der Waals surface area contributed by atoms with Gasteiger partial charge in [0.1, 0.15) is 11.5 Å². The van der Waals surface area contributed by atoms with Crippen LogP contribution in [0.15, 0.2) is 276 Å². The molecule has 0 amide bonds. The number of para-hydroxylation sites is 4. The van der Waals surface area contributed by atoms with Crippen LogP contribution < -0.4 is 4.74 Å². The molecule has 14 rings (SSSR count). The van der Waals surface area contributed by atoms with Gasteiger partial charge in [-0.1, -0.05) is 171 Å². The first-order chi connectivity index (χ1) is 39.9. The lowest BCUT2D eigenvalue weighted by molar-refractivity contribution is 0.340. The van der Waals surface area contributed by atoms with Gasteiger partial charge in [-0.15, -0.1) is 32.0 Å². The Kier molecular flexibility index (Phi) is 17.6. The molecule has 11 heteroatoms. The largest absolute Gasteiger partial charge is 0.508 e. The fraction of sp³-hybridized carbons (Fsp3) is 0.0571. The zero-order chi connectivity index (χ0) is 55.8. The zero-order valence-electron chi connectivity index (χ0n) is 44.8. The lowest BCUT2D eigenvalue weighted by atomic mass is 10.2. The molecule has 0 aliphatic heterocycles. The number of hydrogen-bond acceptors (Lipinski definition) is 8. The van der Waals surface area contributed by atoms with Crippen molar-refractivity contribution in [1.29, 1.82) is 0 Å². The highest BCUT2D eigenvalue weighted by Crippen LogP contribution is 2.35. The van der Waals surface area contributed by atoms with Crippen LogP contribution in [0.4, 0.5) is 0 Å². The van der Waals surface area contributed by atoms with Crippen LogP contribution in [0.3, 0.4) is 0 Å². The van der Waals surface area contributed by atoms with Crippen molar-refractivity contribution in [2.24, 2.45) is 0 Å². The van der Waals surface area contributed by atoms with Crippen molar-refractivity contribution < 1.29 is 18.7 Å². The van der Waals surface area contributed by atoms with E-state index < -0.39 is 0 Å². The molecule has 0 fully saturated rings. The lowest BCUT2D eigenvalue weighted by Crippen LogP contribution is -1.93. The number of ether oxygens (including phenoxy) is 1. The molecular formula is C70H57ClN6O4. The summed E-state index contributed by atoms with van der Waals surface area (Å²) in [5.74, 6) is 3.43. The van der Waals surface area contributed by atoms with E-state index in [1.165, 1.54) is 49.2 Å². The summed E-state index contributed by atoms with van der Waals surface area (Å²) in [6.07, 6.45) is 1.83. The Bertz CT molecular complexity index is 4150. The third-order valence-electron chi connectivity index (χ3n) is 12.9. The predicted octanol–water partition coefficient (Wildman–Crippen LogP) is 18.4. The summed E-state index contributed by atoms with van der Waals surface area (Å²) in [7, 11) is 0. The first kappa shape index (κ1) is 54.1. The van der Waals surface area contributed by atoms with Gasteiger partial charge in [0.2, 0.25) is 23.6 Å². The van der Waals surface area contributed by atoms with Gasteiger partial charge in [-0.25, -0.2) is 0 Å². The minimum Gasteiger partial charge on any atom is -0.508 e. The molecule has 0 aliphatic carbocycles. The van der Waals surface area contributed by atoms with Crippen LogP contribution in [0.5, 0.6) is 11.5 Å². The number of benzene rings is 10. The average molecular weight is 1080 g/mol. The quantitative estimate of drug-likeness (QED) is 0.142. The van der Waals surface area contributed by atoms with Crippen molar-refractivity contribution >= 4 is 61.3 Å². The van der Waals surface area contributed by atoms with E-state index in [4.69, 9.17) is 25.2 Å². The first-order valence-corrected chi connectivity index (χ1v) is 27.1. The van der Waals surface area contributed by atoms with Gasteiger partial charge in [0.15, 0.2) is 0 Å². The van der Waals surface area contributed by atoms with Crippen molar-refractivity contribution in [2.75, 3.05) is 12.5 Å². The van der Waals surface area contributed by atoms with E-state index in [2.05, 4.69) is 157 Å². The Labute approximate surface area is 475 Å². The summed E-state index contributed by atoms with van der Waals surface area (Å²) in [5.41, 5.74) is 11.2. The van der Waals surface area contributed by atoms with E-state index in [0.29, 0.717) is 35.7 Å². The number of rotatable bonds is 9. The number of phenols is 1. The second-order valence-corrected chi connectivity index (χ2v) is 18.7. The molecule has 0 unspecified atom stereocenters. The molecule has 0 atom stereocenters. The number of phenolic OH excluding ortho intramolecular Hbond substituents is 1. The van der Waals surface area contributed by atoms with Crippen molar-refractivity contribution in [3.05, 3.63) is 273 Å². The Hall–Kier alpha value is -10.3. The van der Waals surface area contributed by atoms with E-state index in [9.17, 15) is 5.11 Å². The Morgan fingerprint density at radius 1 is 0.420 bits per heavy atom. The smallest absolute Gasteiger partial charge is 0.248 e. The molecule has 0 saturated carbocycles. The molecule has 1 N–H and O–H groups in total. The predicted molar refractivity (Wildman–Crippen MR) is 331 cm³/mol. The van der Waals surface area contributed by atoms with Crippen molar-refractivity contribution in [2.45, 2.75) is 13.8 Å². The fourth-order valence-corrected chi connectivity index (χ4v) is 9.32. The van der Waals surface area contributed by atoms with Crippen LogP contribution in [-0.2, 0) is 0 Å². The van der Waals surface area contributed by atoms with Crippen LogP contribution in [-0.4, -0.2) is 47.1 Å². The normalized spacial score (nSPS) is 10.6. The van der Waals surface area contributed by atoms with Crippen LogP contribution >= 0.6 is 11.6 Å². The summed E-state index contributed by atoms with van der Waals surface area (Å²) in [6, 6.07) is 86.6. The third-order valence-corrected chi connectivity index (χ3v) is 12.9. The number of hydrogen-bond donors (Lipinski definition) is 1. The van der Waals surface area contributed by atoms with Gasteiger partial charge in [-0.2, -0.15) is 0 Å². The maximum atomic E-state index is 9.68. The summed E-state index contributed by atoms with van der Waals surface area (Å²) in [5, 5.41) is 31.4. The maximum absolute atomic E-state index is 9.68. The number of aromatic nitrogens is 6. The second-order valence-electron chi connectivity index (χ2n) is 18.2. The van der Waals surface area contributed by atoms with Crippen LogP contribution in [0.2, 0.25) is 0 Å². The number of nitrogens with zero attached hydrogens (tertiary/aromatic N) is 6. The van der Waals surface area contributed by atoms with Crippen LogP contribution in [0, 0.1) is 0 Å². The van der Waals surface area contributed by atoms with E-state index in [-0.39, 0.29) is 5.75 Å². The van der Waals surface area contributed by atoms with Crippen molar-refractivity contribution in [3.63, 3.8) is 0 Å². The highest BCUT2D eigenvalue weighted by molar-refractivity contribution is 6.17. The van der Waals surface area contributed by atoms with E-state index >= 15 is 0 Å². The van der Waals surface area contributed by atoms with E-state index in [0.717, 1.165) is 39.7 Å². The van der Waals surface area contributed by atoms with Gasteiger partial charge >= 0.3 is 0 Å². The summed E-state index contributed by atoms with van der Waals surface area (Å²) in [6.45, 7) is 8.09. The number of aromatic hydroxyl groups is 1. The standard InChI is InChI=1S/C28H21N3O2.C26H17N3O2.C8H8.C6H6.C2H5Cl/c1-2-32-22-9-7-8-20(18-22)28-30-29-27(33-28)19-14-16-21(17-15-19)31-25-12-5-3-10-23(25)24-11-4-6-13-26(24)31;30-20-7-5-6-18(16-20)26-28-27-25(31-26)17-12-14-19(15-13-17)29-23-10-3-1-8-21(23)22-9-2-4-11-24(22)29;1-2-8-6-4-3-5-7-8;1-2-4-6-5-3-1;1-2-3/h3-18H,2H2,1H3;1-16,30H;2-7H,1H2;1-6H;2H2,1H3. The van der Waals surface area contributed by atoms with E-state index in [1.807, 2.05) is 141 Å². The number of halogens is 1. The minimum atomic E-state index is 0.160. The Morgan fingerprint density at radius 2 is 0.765 bits per heavy atom. The highest BCUT2D eigenvalue weighted by atomic mass is 35.5. The third kappa shape index (κ3) is 12.7. The van der Waals surface area contributed by atoms with Gasteiger partial charge in [0.25, 0.3) is 0 Å². The van der Waals surface area contributed by atoms with Gasteiger partial charge in [0, 0.05) is 61.1 Å². The van der Waals surface area contributed by atoms with Crippen molar-refractivity contribution in [1.82, 2.24) is 29.5 Å². The van der Waals surface area contributed by atoms with Gasteiger partial charge in [0.05, 0.1) is 28.7 Å². The Balaban J connectivity index is 0.000000141. The fourth-order valence-electron chi connectivity index (χ4n) is 9.32. The maximum Gasteiger partial charge on any atom is 0.248 e. The number of fused-ring (bicyclic) bond motifs is 6. The van der Waals surface area contributed by atoms with Crippen molar-refractivity contribution in [3.8, 4) is 68.7 Å². The van der Waals surface area contributed by atoms with E-state index in [1.54, 1.807) is 18.2 Å². The molecule has 81 heavy (non-hydrogen) atoms. The molecular weight excluding hydrogens is 1020 g/mol. The Morgan fingerprint density at radius 3 is 1.14 bits per heavy atom. The summed E-state index contributed by atoms with van der Waals surface area (Å²) >= 11 is 5.00. The van der Waals surface area contributed by atoms with Crippen LogP contribution in [0.25, 0.3) is 107 Å². The molecule has 0 saturated heterocycles. The molecule has 0 radical (unpaired) electrons. The van der Waals surface area contributed by atoms with Gasteiger partial charge in [-0.3, -0.25) is 0 Å². The molecule has 0 spiro atoms. The SMILES string of the molecule is C=Cc1ccccc1.CCCl.CCOc1cccc(-c2nnc(-c3ccc(-n4c5ccccc5c5ccccc54)cc3)o2)c1.Oc1cccc(-c2nnc(-c3ccc(-n4c5ccccc5c5ccccc54)cc3)o2)c1.c1ccccc1. The monoisotopic (exact) mass is 1080 g/mol. The molecule has 4 heterocycles. The van der Waals surface area contributed by atoms with Gasteiger partial charge in [-0.05, 0) is 122 Å². The van der Waals surface area contributed by atoms with Gasteiger partial charge < -0.3 is 27.8 Å².